The van der Waals surface area contributed by atoms with Gasteiger partial charge in [0.2, 0.25) is 10.0 Å². The van der Waals surface area contributed by atoms with Crippen LogP contribution >= 0.6 is 0 Å². The predicted octanol–water partition coefficient (Wildman–Crippen LogP) is 3.17. The van der Waals surface area contributed by atoms with E-state index in [-0.39, 0.29) is 22.8 Å². The molecule has 0 atom stereocenters. The standard InChI is InChI=1S/C28H26N4O8S/c1-3-39-27(34)19-4-8-20(9-5-19)30-25(33)17-40-28(35)24-16-32(21-10-14-23(15-11-21)41(29,36)37)31-26(24)18-6-12-22(38-2)13-7-18/h4-16H,3,17H2,1-2H3,(H,30,33)(H2,29,36,37). The van der Waals surface area contributed by atoms with E-state index in [4.69, 9.17) is 19.3 Å². The molecule has 12 nitrogen and oxygen atoms in total. The van der Waals surface area contributed by atoms with E-state index in [0.717, 1.165) is 0 Å². The molecule has 1 aromatic heterocycles. The first kappa shape index (κ1) is 29.0. The fourth-order valence-electron chi connectivity index (χ4n) is 3.72. The van der Waals surface area contributed by atoms with Crippen LogP contribution in [0.25, 0.3) is 16.9 Å². The molecule has 0 radical (unpaired) electrons. The number of nitrogens with one attached hydrogen (secondary N) is 1. The van der Waals surface area contributed by atoms with Gasteiger partial charge < -0.3 is 19.5 Å². The highest BCUT2D eigenvalue weighted by Gasteiger charge is 2.21. The van der Waals surface area contributed by atoms with Gasteiger partial charge in [-0.3, -0.25) is 4.79 Å². The number of benzene rings is 3. The van der Waals surface area contributed by atoms with Gasteiger partial charge >= 0.3 is 11.9 Å². The first-order chi connectivity index (χ1) is 19.6. The van der Waals surface area contributed by atoms with Gasteiger partial charge in [-0.05, 0) is 79.7 Å². The van der Waals surface area contributed by atoms with Crippen molar-refractivity contribution >= 4 is 33.6 Å². The van der Waals surface area contributed by atoms with E-state index in [2.05, 4.69) is 10.4 Å². The van der Waals surface area contributed by atoms with Crippen LogP contribution in [0.4, 0.5) is 5.69 Å². The molecule has 41 heavy (non-hydrogen) atoms. The van der Waals surface area contributed by atoms with E-state index in [1.165, 1.54) is 66.5 Å². The van der Waals surface area contributed by atoms with Crippen molar-refractivity contribution in [1.29, 1.82) is 0 Å². The Hall–Kier alpha value is -5.01. The Balaban J connectivity index is 1.52. The molecule has 212 valence electrons. The molecule has 13 heteroatoms. The van der Waals surface area contributed by atoms with Crippen molar-refractivity contribution in [3.63, 3.8) is 0 Å². The fraction of sp³-hybridized carbons (Fsp3) is 0.143. The number of nitrogens with zero attached hydrogens (tertiary/aromatic N) is 2. The molecule has 4 aromatic rings. The molecule has 1 heterocycles. The van der Waals surface area contributed by atoms with E-state index < -0.39 is 34.5 Å². The summed E-state index contributed by atoms with van der Waals surface area (Å²) in [5.74, 6) is -1.29. The lowest BCUT2D eigenvalue weighted by atomic mass is 10.1. The minimum Gasteiger partial charge on any atom is -0.497 e. The summed E-state index contributed by atoms with van der Waals surface area (Å²) in [6, 6.07) is 18.5. The Morgan fingerprint density at radius 2 is 1.56 bits per heavy atom. The van der Waals surface area contributed by atoms with Crippen LogP contribution in [-0.2, 0) is 24.3 Å². The molecule has 1 amide bonds. The number of carbonyl (C=O) groups is 3. The summed E-state index contributed by atoms with van der Waals surface area (Å²) < 4.78 is 40.0. The summed E-state index contributed by atoms with van der Waals surface area (Å²) in [5, 5.41) is 12.3. The van der Waals surface area contributed by atoms with Crippen molar-refractivity contribution in [2.75, 3.05) is 25.6 Å². The number of esters is 2. The Morgan fingerprint density at radius 3 is 2.15 bits per heavy atom. The Labute approximate surface area is 235 Å². The molecule has 0 fully saturated rings. The first-order valence-corrected chi connectivity index (χ1v) is 13.7. The highest BCUT2D eigenvalue weighted by molar-refractivity contribution is 7.89. The molecular formula is C28H26N4O8S. The highest BCUT2D eigenvalue weighted by Crippen LogP contribution is 2.27. The largest absolute Gasteiger partial charge is 0.497 e. The molecule has 0 unspecified atom stereocenters. The molecular weight excluding hydrogens is 552 g/mol. The van der Waals surface area contributed by atoms with Gasteiger partial charge in [-0.1, -0.05) is 0 Å². The van der Waals surface area contributed by atoms with Crippen LogP contribution in [0.2, 0.25) is 0 Å². The second kappa shape index (κ2) is 12.4. The van der Waals surface area contributed by atoms with E-state index in [0.29, 0.717) is 28.3 Å². The lowest BCUT2D eigenvalue weighted by molar-refractivity contribution is -0.119. The number of sulfonamides is 1. The minimum absolute atomic E-state index is 0.0669. The number of methoxy groups -OCH3 is 1. The van der Waals surface area contributed by atoms with Crippen LogP contribution in [0.5, 0.6) is 5.75 Å². The third-order valence-electron chi connectivity index (χ3n) is 5.74. The van der Waals surface area contributed by atoms with E-state index in [1.54, 1.807) is 31.2 Å². The third-order valence-corrected chi connectivity index (χ3v) is 6.67. The molecule has 0 saturated heterocycles. The summed E-state index contributed by atoms with van der Waals surface area (Å²) in [6.45, 7) is 1.36. The number of hydrogen-bond donors (Lipinski definition) is 2. The zero-order chi connectivity index (χ0) is 29.6. The van der Waals surface area contributed by atoms with Gasteiger partial charge in [0, 0.05) is 17.4 Å². The topological polar surface area (TPSA) is 169 Å². The molecule has 0 aliphatic rings. The average Bonchev–Trinajstić information content (AvgIpc) is 3.42. The molecule has 3 aromatic carbocycles. The van der Waals surface area contributed by atoms with Gasteiger partial charge in [0.15, 0.2) is 6.61 Å². The molecule has 3 N–H and O–H groups in total. The lowest BCUT2D eigenvalue weighted by Crippen LogP contribution is -2.21. The number of carbonyl (C=O) groups excluding carboxylic acids is 3. The Kier molecular flexibility index (Phi) is 8.80. The zero-order valence-electron chi connectivity index (χ0n) is 22.1. The Morgan fingerprint density at radius 1 is 0.902 bits per heavy atom. The van der Waals surface area contributed by atoms with Crippen molar-refractivity contribution in [3.05, 3.63) is 90.1 Å². The number of anilines is 1. The van der Waals surface area contributed by atoms with E-state index in [9.17, 15) is 22.8 Å². The average molecular weight is 579 g/mol. The van der Waals surface area contributed by atoms with Gasteiger partial charge in [0.1, 0.15) is 17.0 Å². The summed E-state index contributed by atoms with van der Waals surface area (Å²) in [4.78, 5) is 37.3. The van der Waals surface area contributed by atoms with Crippen LogP contribution in [0, 0.1) is 0 Å². The number of ether oxygens (including phenoxy) is 3. The third kappa shape index (κ3) is 7.15. The monoisotopic (exact) mass is 578 g/mol. The second-order valence-electron chi connectivity index (χ2n) is 8.53. The molecule has 0 saturated carbocycles. The number of rotatable bonds is 10. The normalized spacial score (nSPS) is 11.0. The second-order valence-corrected chi connectivity index (χ2v) is 10.1. The lowest BCUT2D eigenvalue weighted by Gasteiger charge is -2.08. The maximum atomic E-state index is 13.1. The van der Waals surface area contributed by atoms with Gasteiger partial charge in [-0.25, -0.2) is 27.8 Å². The van der Waals surface area contributed by atoms with Crippen molar-refractivity contribution in [2.24, 2.45) is 5.14 Å². The number of amides is 1. The minimum atomic E-state index is -3.89. The molecule has 0 aliphatic carbocycles. The van der Waals surface area contributed by atoms with Crippen molar-refractivity contribution in [2.45, 2.75) is 11.8 Å². The van der Waals surface area contributed by atoms with Gasteiger partial charge in [0.05, 0.1) is 29.9 Å². The fourth-order valence-corrected chi connectivity index (χ4v) is 4.23. The molecule has 4 rings (SSSR count). The van der Waals surface area contributed by atoms with E-state index >= 15 is 0 Å². The van der Waals surface area contributed by atoms with Crippen molar-refractivity contribution in [3.8, 4) is 22.7 Å². The number of aromatic nitrogens is 2. The number of nitrogens with two attached hydrogens (primary N) is 1. The SMILES string of the molecule is CCOC(=O)c1ccc(NC(=O)COC(=O)c2cn(-c3ccc(S(N)(=O)=O)cc3)nc2-c2ccc(OC)cc2)cc1. The number of primary sulfonamides is 1. The van der Waals surface area contributed by atoms with Crippen LogP contribution in [0.3, 0.4) is 0 Å². The van der Waals surface area contributed by atoms with Gasteiger partial charge in [0.25, 0.3) is 5.91 Å². The summed E-state index contributed by atoms with van der Waals surface area (Å²) in [7, 11) is -2.36. The van der Waals surface area contributed by atoms with Crippen LogP contribution < -0.4 is 15.2 Å². The van der Waals surface area contributed by atoms with Crippen LogP contribution in [0.15, 0.2) is 83.9 Å². The number of hydrogen-bond acceptors (Lipinski definition) is 9. The quantitative estimate of drug-likeness (QED) is 0.268. The van der Waals surface area contributed by atoms with Crippen LogP contribution in [0.1, 0.15) is 27.6 Å². The summed E-state index contributed by atoms with van der Waals surface area (Å²) in [6.07, 6.45) is 1.42. The first-order valence-electron chi connectivity index (χ1n) is 12.2. The summed E-state index contributed by atoms with van der Waals surface area (Å²) >= 11 is 0. The van der Waals surface area contributed by atoms with Crippen molar-refractivity contribution in [1.82, 2.24) is 9.78 Å². The molecule has 0 bridgehead atoms. The maximum absolute atomic E-state index is 13.1. The maximum Gasteiger partial charge on any atom is 0.342 e. The predicted molar refractivity (Wildman–Crippen MR) is 148 cm³/mol. The zero-order valence-corrected chi connectivity index (χ0v) is 22.9. The molecule has 0 aliphatic heterocycles. The Bertz CT molecular complexity index is 1660. The molecule has 0 spiro atoms. The highest BCUT2D eigenvalue weighted by atomic mass is 32.2. The summed E-state index contributed by atoms with van der Waals surface area (Å²) in [5.41, 5.74) is 2.09. The van der Waals surface area contributed by atoms with Gasteiger partial charge in [-0.15, -0.1) is 0 Å². The van der Waals surface area contributed by atoms with Crippen LogP contribution in [-0.4, -0.2) is 56.4 Å². The van der Waals surface area contributed by atoms with E-state index in [1.807, 2.05) is 0 Å². The van der Waals surface area contributed by atoms with Crippen molar-refractivity contribution < 1.29 is 37.0 Å². The van der Waals surface area contributed by atoms with Gasteiger partial charge in [-0.2, -0.15) is 5.10 Å². The smallest absolute Gasteiger partial charge is 0.342 e.